The Morgan fingerprint density at radius 3 is 2.46 bits per heavy atom. The molecule has 2 amide bonds. The van der Waals surface area contributed by atoms with Gasteiger partial charge in [-0.2, -0.15) is 13.2 Å². The Morgan fingerprint density at radius 2 is 1.78 bits per heavy atom. The van der Waals surface area contributed by atoms with Gasteiger partial charge in [-0.25, -0.2) is 0 Å². The minimum Gasteiger partial charge on any atom is -0.496 e. The summed E-state index contributed by atoms with van der Waals surface area (Å²) in [5.74, 6) is 0.433. The van der Waals surface area contributed by atoms with Crippen LogP contribution >= 0.6 is 0 Å². The molecular formula is C30H33F3N4O4. The molecule has 0 unspecified atom stereocenters. The van der Waals surface area contributed by atoms with E-state index < -0.39 is 28.6 Å². The zero-order chi connectivity index (χ0) is 29.2. The molecule has 1 aromatic heterocycles. The normalized spacial score (nSPS) is 17.8. The first kappa shape index (κ1) is 28.7. The Kier molecular flexibility index (Phi) is 8.08. The molecule has 0 atom stereocenters. The molecule has 11 heteroatoms. The van der Waals surface area contributed by atoms with Crippen LogP contribution in [0.15, 0.2) is 59.5 Å². The minimum absolute atomic E-state index is 0.00609. The fourth-order valence-electron chi connectivity index (χ4n) is 6.03. The first-order valence-electron chi connectivity index (χ1n) is 13.8. The smallest absolute Gasteiger partial charge is 0.416 e. The monoisotopic (exact) mass is 570 g/mol. The van der Waals surface area contributed by atoms with E-state index in [1.54, 1.807) is 7.11 Å². The summed E-state index contributed by atoms with van der Waals surface area (Å²) in [6.07, 6.45) is -0.972. The van der Waals surface area contributed by atoms with Crippen LogP contribution in [0.1, 0.15) is 42.7 Å². The molecule has 3 aromatic rings. The fraction of sp³-hybridized carbons (Fsp3) is 0.433. The molecule has 0 saturated carbocycles. The van der Waals surface area contributed by atoms with Gasteiger partial charge in [0.1, 0.15) is 17.8 Å². The summed E-state index contributed by atoms with van der Waals surface area (Å²) in [6, 6.07) is 12.0. The van der Waals surface area contributed by atoms with Crippen molar-refractivity contribution in [1.29, 1.82) is 0 Å². The number of halogens is 3. The van der Waals surface area contributed by atoms with Crippen LogP contribution in [-0.4, -0.2) is 60.1 Å². The summed E-state index contributed by atoms with van der Waals surface area (Å²) in [5.41, 5.74) is -1.34. The van der Waals surface area contributed by atoms with Gasteiger partial charge in [-0.3, -0.25) is 14.4 Å². The van der Waals surface area contributed by atoms with Gasteiger partial charge >= 0.3 is 6.18 Å². The average Bonchev–Trinajstić information content (AvgIpc) is 2.98. The maximum absolute atomic E-state index is 13.9. The third-order valence-electron chi connectivity index (χ3n) is 8.23. The van der Waals surface area contributed by atoms with E-state index in [4.69, 9.17) is 4.74 Å². The number of ether oxygens (including phenoxy) is 1. The highest BCUT2D eigenvalue weighted by molar-refractivity contribution is 5.92. The summed E-state index contributed by atoms with van der Waals surface area (Å²) in [6.45, 7) is 1.82. The van der Waals surface area contributed by atoms with Crippen molar-refractivity contribution in [3.63, 3.8) is 0 Å². The topological polar surface area (TPSA) is 92.7 Å². The lowest BCUT2D eigenvalue weighted by molar-refractivity contribution is -0.144. The summed E-state index contributed by atoms with van der Waals surface area (Å²) >= 11 is 0. The number of rotatable bonds is 6. The molecule has 2 saturated heterocycles. The number of nitrogens with one attached hydrogen (secondary N) is 2. The molecule has 2 aliphatic heterocycles. The zero-order valence-electron chi connectivity index (χ0n) is 22.8. The number of nitrogens with zero attached hydrogens (tertiary/aromatic N) is 2. The molecular weight excluding hydrogens is 537 g/mol. The Morgan fingerprint density at radius 1 is 1.07 bits per heavy atom. The second-order valence-electron chi connectivity index (χ2n) is 10.7. The zero-order valence-corrected chi connectivity index (χ0v) is 22.8. The molecule has 218 valence electrons. The van der Waals surface area contributed by atoms with E-state index in [1.807, 2.05) is 29.2 Å². The number of pyridine rings is 1. The SMILES string of the molecule is COc1ccccc1C1CCN(C(=O)C2(NC(=O)Cn3ccc(=O)c4ccc(C(F)(F)F)cc43)CCNCC2)CC1. The summed E-state index contributed by atoms with van der Waals surface area (Å²) in [4.78, 5) is 41.4. The Hall–Kier alpha value is -3.86. The van der Waals surface area contributed by atoms with E-state index in [2.05, 4.69) is 10.6 Å². The Labute approximate surface area is 235 Å². The number of carbonyl (C=O) groups is 2. The molecule has 41 heavy (non-hydrogen) atoms. The Bertz CT molecular complexity index is 1490. The van der Waals surface area contributed by atoms with Gasteiger partial charge in [0.15, 0.2) is 5.43 Å². The van der Waals surface area contributed by atoms with Gasteiger partial charge in [0.2, 0.25) is 11.8 Å². The predicted octanol–water partition coefficient (Wildman–Crippen LogP) is 3.67. The number of aromatic nitrogens is 1. The van der Waals surface area contributed by atoms with Crippen molar-refractivity contribution < 1.29 is 27.5 Å². The third-order valence-corrected chi connectivity index (χ3v) is 8.23. The van der Waals surface area contributed by atoms with Crippen molar-refractivity contribution in [2.24, 2.45) is 0 Å². The molecule has 0 bridgehead atoms. The number of piperidine rings is 2. The fourth-order valence-corrected chi connectivity index (χ4v) is 6.03. The van der Waals surface area contributed by atoms with Crippen LogP contribution in [0.5, 0.6) is 5.75 Å². The van der Waals surface area contributed by atoms with Gasteiger partial charge in [-0.05, 0) is 74.5 Å². The first-order chi connectivity index (χ1) is 19.6. The van der Waals surface area contributed by atoms with Crippen LogP contribution in [0.3, 0.4) is 0 Å². The molecule has 0 spiro atoms. The number of amides is 2. The predicted molar refractivity (Wildman–Crippen MR) is 148 cm³/mol. The summed E-state index contributed by atoms with van der Waals surface area (Å²) in [5, 5.41) is 6.26. The largest absolute Gasteiger partial charge is 0.496 e. The molecule has 2 fully saturated rings. The number of hydrogen-bond acceptors (Lipinski definition) is 5. The molecule has 2 N–H and O–H groups in total. The summed E-state index contributed by atoms with van der Waals surface area (Å²) in [7, 11) is 1.65. The second kappa shape index (κ2) is 11.6. The maximum Gasteiger partial charge on any atom is 0.416 e. The van der Waals surface area contributed by atoms with E-state index in [9.17, 15) is 27.6 Å². The van der Waals surface area contributed by atoms with E-state index >= 15 is 0 Å². The minimum atomic E-state index is -4.60. The van der Waals surface area contributed by atoms with Gasteiger partial charge in [0.25, 0.3) is 0 Å². The number of fused-ring (bicyclic) bond motifs is 1. The van der Waals surface area contributed by atoms with Crippen LogP contribution in [0.25, 0.3) is 10.9 Å². The lowest BCUT2D eigenvalue weighted by atomic mass is 9.84. The van der Waals surface area contributed by atoms with Gasteiger partial charge in [0, 0.05) is 30.7 Å². The van der Waals surface area contributed by atoms with E-state index in [0.29, 0.717) is 39.0 Å². The number of likely N-dealkylation sites (tertiary alicyclic amines) is 1. The highest BCUT2D eigenvalue weighted by Crippen LogP contribution is 2.35. The molecule has 2 aromatic carbocycles. The standard InChI is InChI=1S/C30H33F3N4O4/c1-41-26-5-3-2-4-22(26)20-8-15-36(16-9-20)28(40)29(11-13-34-14-12-29)35-27(39)19-37-17-10-25(38)23-7-6-21(18-24(23)37)30(31,32)33/h2-7,10,17-18,20,34H,8-9,11-16,19H2,1H3,(H,35,39). The van der Waals surface area contributed by atoms with Gasteiger partial charge in [0.05, 0.1) is 18.2 Å². The van der Waals surface area contributed by atoms with Crippen molar-refractivity contribution >= 4 is 22.7 Å². The molecule has 5 rings (SSSR count). The van der Waals surface area contributed by atoms with E-state index in [1.165, 1.54) is 16.8 Å². The van der Waals surface area contributed by atoms with Crippen molar-refractivity contribution in [2.45, 2.75) is 49.9 Å². The number of alkyl halides is 3. The van der Waals surface area contributed by atoms with Gasteiger partial charge in [-0.1, -0.05) is 18.2 Å². The Balaban J connectivity index is 1.33. The first-order valence-corrected chi connectivity index (χ1v) is 13.8. The van der Waals surface area contributed by atoms with Crippen LogP contribution in [0.4, 0.5) is 13.2 Å². The van der Waals surface area contributed by atoms with Crippen molar-refractivity contribution in [2.75, 3.05) is 33.3 Å². The van der Waals surface area contributed by atoms with Crippen molar-refractivity contribution in [3.8, 4) is 5.75 Å². The number of benzene rings is 2. The van der Waals surface area contributed by atoms with Gasteiger partial charge < -0.3 is 24.8 Å². The van der Waals surface area contributed by atoms with Gasteiger partial charge in [-0.15, -0.1) is 0 Å². The highest BCUT2D eigenvalue weighted by Gasteiger charge is 2.44. The number of hydrogen-bond donors (Lipinski definition) is 2. The summed E-state index contributed by atoms with van der Waals surface area (Å²) < 4.78 is 47.0. The van der Waals surface area contributed by atoms with Crippen LogP contribution in [-0.2, 0) is 22.3 Å². The lowest BCUT2D eigenvalue weighted by Gasteiger charge is -2.43. The quantitative estimate of drug-likeness (QED) is 0.472. The van der Waals surface area contributed by atoms with E-state index in [0.717, 1.165) is 42.4 Å². The molecule has 3 heterocycles. The highest BCUT2D eigenvalue weighted by atomic mass is 19.4. The maximum atomic E-state index is 13.9. The van der Waals surface area contributed by atoms with Crippen molar-refractivity contribution in [1.82, 2.24) is 20.1 Å². The lowest BCUT2D eigenvalue weighted by Crippen LogP contribution is -2.64. The average molecular weight is 571 g/mol. The van der Waals surface area contributed by atoms with Crippen molar-refractivity contribution in [3.05, 3.63) is 76.1 Å². The number of para-hydroxylation sites is 1. The van der Waals surface area contributed by atoms with Crippen LogP contribution in [0.2, 0.25) is 0 Å². The van der Waals surface area contributed by atoms with Crippen LogP contribution < -0.4 is 20.8 Å². The molecule has 8 nitrogen and oxygen atoms in total. The molecule has 2 aliphatic rings. The second-order valence-corrected chi connectivity index (χ2v) is 10.7. The molecule has 0 radical (unpaired) electrons. The number of carbonyl (C=O) groups excluding carboxylic acids is 2. The molecule has 0 aliphatic carbocycles. The van der Waals surface area contributed by atoms with Crippen LogP contribution in [0, 0.1) is 0 Å². The number of methoxy groups -OCH3 is 1. The van der Waals surface area contributed by atoms with E-state index in [-0.39, 0.29) is 29.3 Å². The third kappa shape index (κ3) is 5.95.